The smallest absolute Gasteiger partial charge is 0.225 e. The second kappa shape index (κ2) is 3.24. The minimum Gasteiger partial charge on any atom is -0.345 e. The average molecular weight is 155 g/mol. The summed E-state index contributed by atoms with van der Waals surface area (Å²) in [4.78, 5) is 13.2. The van der Waals surface area contributed by atoms with Crippen LogP contribution in [0.4, 0.5) is 0 Å². The molecule has 1 amide bonds. The van der Waals surface area contributed by atoms with Gasteiger partial charge in [-0.1, -0.05) is 20.3 Å². The lowest BCUT2D eigenvalue weighted by Crippen LogP contribution is -2.21. The van der Waals surface area contributed by atoms with Crippen LogP contribution in [-0.4, -0.2) is 24.4 Å². The van der Waals surface area contributed by atoms with Crippen molar-refractivity contribution in [2.45, 2.75) is 26.7 Å². The molecule has 0 spiro atoms. The largest absolute Gasteiger partial charge is 0.345 e. The van der Waals surface area contributed by atoms with Gasteiger partial charge < -0.3 is 4.90 Å². The zero-order valence-electron chi connectivity index (χ0n) is 7.63. The number of hydrogen-bond donors (Lipinski definition) is 0. The van der Waals surface area contributed by atoms with Gasteiger partial charge in [0.1, 0.15) is 0 Å². The highest BCUT2D eigenvalue weighted by Gasteiger charge is 2.33. The Hall–Kier alpha value is -0.530. The zero-order chi connectivity index (χ0) is 8.43. The normalized spacial score (nSPS) is 31.5. The molecule has 0 aromatic carbocycles. The van der Waals surface area contributed by atoms with Crippen molar-refractivity contribution in [1.29, 1.82) is 0 Å². The molecule has 2 atom stereocenters. The van der Waals surface area contributed by atoms with Crippen LogP contribution in [0.1, 0.15) is 26.7 Å². The predicted molar refractivity (Wildman–Crippen MR) is 45.2 cm³/mol. The number of carbonyl (C=O) groups excluding carboxylic acids is 1. The Kier molecular flexibility index (Phi) is 2.53. The third-order valence-electron chi connectivity index (χ3n) is 2.64. The summed E-state index contributed by atoms with van der Waals surface area (Å²) in [6, 6.07) is 0. The summed E-state index contributed by atoms with van der Waals surface area (Å²) in [5, 5.41) is 0. The molecule has 2 nitrogen and oxygen atoms in total. The van der Waals surface area contributed by atoms with E-state index in [2.05, 4.69) is 6.92 Å². The fraction of sp³-hybridized carbons (Fsp3) is 0.889. The molecule has 2 heteroatoms. The van der Waals surface area contributed by atoms with Crippen LogP contribution in [-0.2, 0) is 4.79 Å². The Bertz CT molecular complexity index is 156. The fourth-order valence-electron chi connectivity index (χ4n) is 1.86. The molecule has 1 fully saturated rings. The van der Waals surface area contributed by atoms with Crippen LogP contribution in [0.3, 0.4) is 0 Å². The van der Waals surface area contributed by atoms with Crippen molar-refractivity contribution < 1.29 is 4.79 Å². The second-order valence-electron chi connectivity index (χ2n) is 3.56. The molecular weight excluding hydrogens is 138 g/mol. The van der Waals surface area contributed by atoms with E-state index in [0.717, 1.165) is 6.54 Å². The van der Waals surface area contributed by atoms with Gasteiger partial charge in [-0.25, -0.2) is 0 Å². The minimum absolute atomic E-state index is 0.264. The maximum atomic E-state index is 11.3. The topological polar surface area (TPSA) is 20.3 Å². The highest BCUT2D eigenvalue weighted by Crippen LogP contribution is 2.26. The quantitative estimate of drug-likeness (QED) is 0.592. The van der Waals surface area contributed by atoms with E-state index in [-0.39, 0.29) is 5.92 Å². The van der Waals surface area contributed by atoms with Crippen LogP contribution < -0.4 is 0 Å². The molecule has 0 aliphatic carbocycles. The van der Waals surface area contributed by atoms with E-state index >= 15 is 0 Å². The predicted octanol–water partition coefficient (Wildman–Crippen LogP) is 1.51. The van der Waals surface area contributed by atoms with Gasteiger partial charge in [0.2, 0.25) is 5.91 Å². The first-order valence-corrected chi connectivity index (χ1v) is 4.41. The van der Waals surface area contributed by atoms with Crippen LogP contribution >= 0.6 is 0 Å². The van der Waals surface area contributed by atoms with E-state index in [1.54, 1.807) is 0 Å². The molecule has 2 unspecified atom stereocenters. The van der Waals surface area contributed by atoms with E-state index in [1.807, 2.05) is 18.9 Å². The van der Waals surface area contributed by atoms with Crippen molar-refractivity contribution in [2.75, 3.05) is 13.6 Å². The van der Waals surface area contributed by atoms with Gasteiger partial charge in [-0.15, -0.1) is 0 Å². The average Bonchev–Trinajstić information content (AvgIpc) is 2.19. The second-order valence-corrected chi connectivity index (χ2v) is 3.56. The molecule has 1 aliphatic heterocycles. The lowest BCUT2D eigenvalue weighted by atomic mass is 9.93. The highest BCUT2D eigenvalue weighted by atomic mass is 16.2. The van der Waals surface area contributed by atoms with Crippen LogP contribution in [0.15, 0.2) is 0 Å². The lowest BCUT2D eigenvalue weighted by Gasteiger charge is -2.09. The maximum Gasteiger partial charge on any atom is 0.225 e. The van der Waals surface area contributed by atoms with Crippen LogP contribution in [0.2, 0.25) is 0 Å². The standard InChI is InChI=1S/C9H17NO/c1-4-5-8-6-10(3)9(11)7(8)2/h7-8H,4-6H2,1-3H3. The molecule has 64 valence electrons. The van der Waals surface area contributed by atoms with Crippen molar-refractivity contribution in [3.8, 4) is 0 Å². The molecule has 11 heavy (non-hydrogen) atoms. The summed E-state index contributed by atoms with van der Waals surface area (Å²) in [5.41, 5.74) is 0. The van der Waals surface area contributed by atoms with Gasteiger partial charge in [0.15, 0.2) is 0 Å². The first-order chi connectivity index (χ1) is 5.16. The Morgan fingerprint density at radius 2 is 2.27 bits per heavy atom. The monoisotopic (exact) mass is 155 g/mol. The van der Waals surface area contributed by atoms with E-state index in [0.29, 0.717) is 11.8 Å². The van der Waals surface area contributed by atoms with Gasteiger partial charge in [-0.05, 0) is 12.3 Å². The van der Waals surface area contributed by atoms with Gasteiger partial charge in [0.25, 0.3) is 0 Å². The summed E-state index contributed by atoms with van der Waals surface area (Å²) in [6.45, 7) is 5.19. The Labute approximate surface area is 68.6 Å². The zero-order valence-corrected chi connectivity index (χ0v) is 7.63. The van der Waals surface area contributed by atoms with E-state index < -0.39 is 0 Å². The van der Waals surface area contributed by atoms with Crippen LogP contribution in [0, 0.1) is 11.8 Å². The summed E-state index contributed by atoms with van der Waals surface area (Å²) < 4.78 is 0. The summed E-state index contributed by atoms with van der Waals surface area (Å²) >= 11 is 0. The number of carbonyl (C=O) groups is 1. The van der Waals surface area contributed by atoms with E-state index in [1.165, 1.54) is 12.8 Å². The molecule has 1 heterocycles. The maximum absolute atomic E-state index is 11.3. The molecule has 1 saturated heterocycles. The molecule has 0 radical (unpaired) electrons. The highest BCUT2D eigenvalue weighted by molar-refractivity contribution is 5.80. The van der Waals surface area contributed by atoms with Gasteiger partial charge >= 0.3 is 0 Å². The molecule has 0 bridgehead atoms. The fourth-order valence-corrected chi connectivity index (χ4v) is 1.86. The number of rotatable bonds is 2. The van der Waals surface area contributed by atoms with Crippen molar-refractivity contribution in [2.24, 2.45) is 11.8 Å². The number of likely N-dealkylation sites (tertiary alicyclic amines) is 1. The van der Waals surface area contributed by atoms with Crippen molar-refractivity contribution in [3.05, 3.63) is 0 Å². The third-order valence-corrected chi connectivity index (χ3v) is 2.64. The van der Waals surface area contributed by atoms with E-state index in [4.69, 9.17) is 0 Å². The van der Waals surface area contributed by atoms with Gasteiger partial charge in [0, 0.05) is 19.5 Å². The van der Waals surface area contributed by atoms with Crippen molar-refractivity contribution in [1.82, 2.24) is 4.90 Å². The molecule has 0 aromatic heterocycles. The van der Waals surface area contributed by atoms with Crippen molar-refractivity contribution >= 4 is 5.91 Å². The summed E-state index contributed by atoms with van der Waals surface area (Å²) in [5.74, 6) is 1.20. The lowest BCUT2D eigenvalue weighted by molar-refractivity contribution is -0.129. The van der Waals surface area contributed by atoms with Gasteiger partial charge in [0.05, 0.1) is 0 Å². The first-order valence-electron chi connectivity index (χ1n) is 4.41. The molecular formula is C9H17NO. The number of hydrogen-bond acceptors (Lipinski definition) is 1. The molecule has 0 aromatic rings. The Morgan fingerprint density at radius 1 is 1.64 bits per heavy atom. The Balaban J connectivity index is 2.52. The van der Waals surface area contributed by atoms with Gasteiger partial charge in [-0.2, -0.15) is 0 Å². The SMILES string of the molecule is CCCC1CN(C)C(=O)C1C. The Morgan fingerprint density at radius 3 is 2.64 bits per heavy atom. The number of amides is 1. The molecule has 0 saturated carbocycles. The molecule has 1 aliphatic rings. The van der Waals surface area contributed by atoms with Crippen LogP contribution in [0.25, 0.3) is 0 Å². The first kappa shape index (κ1) is 8.57. The van der Waals surface area contributed by atoms with Gasteiger partial charge in [-0.3, -0.25) is 4.79 Å². The summed E-state index contributed by atoms with van der Waals surface area (Å²) in [7, 11) is 1.90. The summed E-state index contributed by atoms with van der Waals surface area (Å²) in [6.07, 6.45) is 2.38. The van der Waals surface area contributed by atoms with Crippen molar-refractivity contribution in [3.63, 3.8) is 0 Å². The van der Waals surface area contributed by atoms with Crippen LogP contribution in [0.5, 0.6) is 0 Å². The molecule has 0 N–H and O–H groups in total. The molecule has 1 rings (SSSR count). The number of nitrogens with zero attached hydrogens (tertiary/aromatic N) is 1. The minimum atomic E-state index is 0.264. The third kappa shape index (κ3) is 1.55. The van der Waals surface area contributed by atoms with E-state index in [9.17, 15) is 4.79 Å².